The van der Waals surface area contributed by atoms with Crippen LogP contribution in [0.4, 0.5) is 17.1 Å². The highest BCUT2D eigenvalue weighted by molar-refractivity contribution is 6.28. The lowest BCUT2D eigenvalue weighted by atomic mass is 9.71. The van der Waals surface area contributed by atoms with Crippen LogP contribution in [-0.4, -0.2) is 40.3 Å². The van der Waals surface area contributed by atoms with E-state index >= 15 is 0 Å². The van der Waals surface area contributed by atoms with Gasteiger partial charge in [0.2, 0.25) is 0 Å². The summed E-state index contributed by atoms with van der Waals surface area (Å²) in [7, 11) is 0. The molecule has 3 aliphatic rings. The van der Waals surface area contributed by atoms with E-state index in [4.69, 9.17) is 4.74 Å². The second-order valence-corrected chi connectivity index (χ2v) is 12.3. The van der Waals surface area contributed by atoms with Crippen molar-refractivity contribution >= 4 is 39.6 Å². The Labute approximate surface area is 244 Å². The molecule has 214 valence electrons. The molecule has 0 radical (unpaired) electrons. The Morgan fingerprint density at radius 3 is 2.38 bits per heavy atom. The first-order chi connectivity index (χ1) is 20.2. The molecule has 7 nitrogen and oxygen atoms in total. The van der Waals surface area contributed by atoms with E-state index in [1.807, 2.05) is 91.9 Å². The second-order valence-electron chi connectivity index (χ2n) is 12.3. The first-order valence-corrected chi connectivity index (χ1v) is 14.5. The lowest BCUT2D eigenvalue weighted by Gasteiger charge is -2.34. The number of aliphatic hydroxyl groups is 2. The number of ether oxygens (including phenoxy) is 1. The van der Waals surface area contributed by atoms with Crippen LogP contribution in [0.5, 0.6) is 0 Å². The predicted octanol–water partition coefficient (Wildman–Crippen LogP) is 5.68. The molecule has 3 aliphatic heterocycles. The van der Waals surface area contributed by atoms with E-state index in [0.717, 1.165) is 27.7 Å². The normalized spacial score (nSPS) is 24.8. The van der Waals surface area contributed by atoms with Crippen molar-refractivity contribution in [3.63, 3.8) is 0 Å². The number of aliphatic hydroxyl groups excluding tert-OH is 1. The molecule has 0 bridgehead atoms. The number of carbonyl (C=O) groups excluding carboxylic acids is 2. The van der Waals surface area contributed by atoms with Crippen LogP contribution in [0.1, 0.15) is 48.7 Å². The van der Waals surface area contributed by atoms with Gasteiger partial charge in [0, 0.05) is 35.1 Å². The van der Waals surface area contributed by atoms with Crippen LogP contribution in [0.25, 0.3) is 10.8 Å². The molecule has 7 rings (SSSR count). The number of hydrogen-bond donors (Lipinski definition) is 2. The minimum atomic E-state index is -1.38. The van der Waals surface area contributed by atoms with Gasteiger partial charge in [0.05, 0.1) is 35.2 Å². The van der Waals surface area contributed by atoms with Gasteiger partial charge in [-0.3, -0.25) is 14.5 Å². The molecule has 1 spiro atoms. The largest absolute Gasteiger partial charge is 0.396 e. The summed E-state index contributed by atoms with van der Waals surface area (Å²) in [6.45, 7) is 5.66. The molecular formula is C35H34N2O5. The number of hydrogen-bond acceptors (Lipinski definition) is 5. The maximum Gasteiger partial charge on any atom is 0.264 e. The summed E-state index contributed by atoms with van der Waals surface area (Å²) in [5, 5.41) is 23.1. The molecule has 2 amide bonds. The van der Waals surface area contributed by atoms with Crippen molar-refractivity contribution in [1.82, 2.24) is 0 Å². The summed E-state index contributed by atoms with van der Waals surface area (Å²) in [5.74, 6) is -1.13. The molecule has 0 aliphatic carbocycles. The van der Waals surface area contributed by atoms with Crippen molar-refractivity contribution in [1.29, 1.82) is 0 Å². The maximum atomic E-state index is 14.6. The zero-order chi connectivity index (χ0) is 29.4. The van der Waals surface area contributed by atoms with Crippen LogP contribution in [-0.2, 0) is 21.7 Å². The van der Waals surface area contributed by atoms with Gasteiger partial charge < -0.3 is 19.8 Å². The highest BCUT2D eigenvalue weighted by Crippen LogP contribution is 2.59. The third kappa shape index (κ3) is 3.70. The number of rotatable bonds is 6. The monoisotopic (exact) mass is 562 g/mol. The molecule has 0 aromatic heterocycles. The van der Waals surface area contributed by atoms with Crippen LogP contribution in [0, 0.1) is 11.8 Å². The Balaban J connectivity index is 1.40. The zero-order valence-corrected chi connectivity index (χ0v) is 23.9. The topological polar surface area (TPSA) is 90.3 Å². The fourth-order valence-electron chi connectivity index (χ4n) is 7.70. The van der Waals surface area contributed by atoms with E-state index in [1.165, 1.54) is 0 Å². The molecule has 2 N–H and O–H groups in total. The maximum absolute atomic E-state index is 14.6. The van der Waals surface area contributed by atoms with Gasteiger partial charge in [-0.1, -0.05) is 61.5 Å². The molecule has 0 unspecified atom stereocenters. The summed E-state index contributed by atoms with van der Waals surface area (Å²) >= 11 is 0. The minimum absolute atomic E-state index is 0.117. The fourth-order valence-corrected chi connectivity index (χ4v) is 7.70. The second kappa shape index (κ2) is 9.49. The number of carbonyl (C=O) groups is 2. The van der Waals surface area contributed by atoms with E-state index < -0.39 is 29.1 Å². The van der Waals surface area contributed by atoms with Gasteiger partial charge >= 0.3 is 0 Å². The predicted molar refractivity (Wildman–Crippen MR) is 162 cm³/mol. The van der Waals surface area contributed by atoms with Gasteiger partial charge in [-0.2, -0.15) is 0 Å². The lowest BCUT2D eigenvalue weighted by Crippen LogP contribution is -2.46. The van der Waals surface area contributed by atoms with Gasteiger partial charge in [-0.25, -0.2) is 0 Å². The number of nitrogens with zero attached hydrogens (tertiary/aromatic N) is 2. The van der Waals surface area contributed by atoms with Crippen molar-refractivity contribution in [2.75, 3.05) is 16.4 Å². The van der Waals surface area contributed by atoms with Crippen LogP contribution < -0.4 is 9.80 Å². The molecule has 42 heavy (non-hydrogen) atoms. The quantitative estimate of drug-likeness (QED) is 0.316. The summed E-state index contributed by atoms with van der Waals surface area (Å²) in [4.78, 5) is 31.9. The minimum Gasteiger partial charge on any atom is -0.396 e. The summed E-state index contributed by atoms with van der Waals surface area (Å²) in [5.41, 5.74) is 1.95. The first-order valence-electron chi connectivity index (χ1n) is 14.5. The molecule has 4 atom stereocenters. The van der Waals surface area contributed by atoms with Gasteiger partial charge in [-0.15, -0.1) is 0 Å². The summed E-state index contributed by atoms with van der Waals surface area (Å²) < 4.78 is 6.76. The summed E-state index contributed by atoms with van der Waals surface area (Å²) in [6, 6.07) is 27.2. The smallest absolute Gasteiger partial charge is 0.264 e. The number of anilines is 3. The summed E-state index contributed by atoms with van der Waals surface area (Å²) in [6.07, 6.45) is -0.238. The van der Waals surface area contributed by atoms with Gasteiger partial charge in [0.1, 0.15) is 0 Å². The molecular weight excluding hydrogens is 528 g/mol. The van der Waals surface area contributed by atoms with E-state index in [0.29, 0.717) is 29.8 Å². The van der Waals surface area contributed by atoms with Gasteiger partial charge in [0.15, 0.2) is 5.60 Å². The third-order valence-electron chi connectivity index (χ3n) is 9.38. The molecule has 1 saturated heterocycles. The Hall–Kier alpha value is -4.04. The molecule has 7 heteroatoms. The van der Waals surface area contributed by atoms with E-state index in [2.05, 4.69) is 0 Å². The van der Waals surface area contributed by atoms with Crippen LogP contribution >= 0.6 is 0 Å². The molecule has 4 aromatic carbocycles. The van der Waals surface area contributed by atoms with Gasteiger partial charge in [0.25, 0.3) is 11.8 Å². The van der Waals surface area contributed by atoms with E-state index in [9.17, 15) is 19.8 Å². The highest BCUT2D eigenvalue weighted by atomic mass is 16.5. The van der Waals surface area contributed by atoms with Crippen LogP contribution in [0.2, 0.25) is 0 Å². The van der Waals surface area contributed by atoms with Crippen LogP contribution in [0.3, 0.4) is 0 Å². The molecule has 1 fully saturated rings. The zero-order valence-electron chi connectivity index (χ0n) is 23.9. The van der Waals surface area contributed by atoms with E-state index in [1.54, 1.807) is 23.6 Å². The number of benzene rings is 4. The van der Waals surface area contributed by atoms with Gasteiger partial charge in [-0.05, 0) is 61.5 Å². The molecule has 4 aromatic rings. The standard InChI is InChI=1S/C35H34N2O5/c1-21-31(34(2,3)41)29(17-18-38)42-35(21)26-19-24(15-16-27(26)36(33(35)40)20-22-9-5-4-6-10-22)37-28-14-8-12-23-11-7-13-25(30(23)28)32(37)39/h4-16,19,21,29,31,38,41H,17-18,20H2,1-3H3/t21-,29+,31-,35+/m0/s1. The Morgan fingerprint density at radius 2 is 1.67 bits per heavy atom. The number of fused-ring (bicyclic) bond motifs is 2. The molecule has 0 saturated carbocycles. The third-order valence-corrected chi connectivity index (χ3v) is 9.38. The van der Waals surface area contributed by atoms with Crippen molar-refractivity contribution in [2.24, 2.45) is 11.8 Å². The number of amides is 2. The first kappa shape index (κ1) is 26.8. The highest BCUT2D eigenvalue weighted by Gasteiger charge is 2.65. The average molecular weight is 563 g/mol. The van der Waals surface area contributed by atoms with Crippen molar-refractivity contribution in [2.45, 2.75) is 51.0 Å². The Kier molecular flexibility index (Phi) is 6.06. The fraction of sp³-hybridized carbons (Fsp3) is 0.314. The average Bonchev–Trinajstić information content (AvgIpc) is 3.52. The van der Waals surface area contributed by atoms with Crippen molar-refractivity contribution in [3.05, 3.63) is 102 Å². The lowest BCUT2D eigenvalue weighted by molar-refractivity contribution is -0.146. The Bertz CT molecular complexity index is 1720. The molecule has 3 heterocycles. The van der Waals surface area contributed by atoms with E-state index in [-0.39, 0.29) is 18.4 Å². The Morgan fingerprint density at radius 1 is 0.929 bits per heavy atom. The van der Waals surface area contributed by atoms with Crippen LogP contribution in [0.15, 0.2) is 84.9 Å². The SMILES string of the molecule is C[C@H]1[C@H](C(C)(C)O)[C@@H](CCO)O[C@]12C(=O)N(Cc1ccccc1)c1ccc(N3C(=O)c4cccc5cccc3c45)cc12. The van der Waals surface area contributed by atoms with Crippen molar-refractivity contribution < 1.29 is 24.5 Å². The van der Waals surface area contributed by atoms with Crippen molar-refractivity contribution in [3.8, 4) is 0 Å².